The van der Waals surface area contributed by atoms with E-state index in [0.717, 1.165) is 5.78 Å². The molecule has 1 nitrogen and oxygen atoms in total. The molecule has 17 heavy (non-hydrogen) atoms. The molecular weight excluding hydrogens is 208 g/mol. The molecule has 5 aliphatic carbocycles. The molecule has 0 atom stereocenters. The molecule has 0 amide bonds. The van der Waals surface area contributed by atoms with Crippen LogP contribution in [0.4, 0.5) is 0 Å². The summed E-state index contributed by atoms with van der Waals surface area (Å²) in [4.78, 5) is 12.9. The Balaban J connectivity index is 1.56. The molecule has 5 rings (SSSR count). The van der Waals surface area contributed by atoms with E-state index < -0.39 is 0 Å². The first-order valence-corrected chi connectivity index (χ1v) is 7.65. The van der Waals surface area contributed by atoms with Gasteiger partial charge in [-0.05, 0) is 81.5 Å². The van der Waals surface area contributed by atoms with Gasteiger partial charge >= 0.3 is 0 Å². The summed E-state index contributed by atoms with van der Waals surface area (Å²) in [5.41, 5.74) is 1.73. The molecule has 1 heteroatoms. The summed E-state index contributed by atoms with van der Waals surface area (Å²) in [6, 6.07) is 0. The minimum atomic E-state index is 0.212. The van der Waals surface area contributed by atoms with Crippen molar-refractivity contribution in [3.63, 3.8) is 0 Å². The Morgan fingerprint density at radius 3 is 1.29 bits per heavy atom. The number of hydrogen-bond acceptors (Lipinski definition) is 1. The molecule has 0 aromatic rings. The van der Waals surface area contributed by atoms with E-state index in [-0.39, 0.29) is 10.8 Å². The molecule has 4 spiro atoms. The number of hydrogen-bond donors (Lipinski definition) is 0. The van der Waals surface area contributed by atoms with Crippen molar-refractivity contribution >= 4 is 5.78 Å². The summed E-state index contributed by atoms with van der Waals surface area (Å²) >= 11 is 0. The Morgan fingerprint density at radius 1 is 0.588 bits per heavy atom. The topological polar surface area (TPSA) is 17.1 Å². The van der Waals surface area contributed by atoms with Crippen molar-refractivity contribution in [1.29, 1.82) is 0 Å². The van der Waals surface area contributed by atoms with Gasteiger partial charge in [0.2, 0.25) is 0 Å². The van der Waals surface area contributed by atoms with E-state index in [1.54, 1.807) is 0 Å². The van der Waals surface area contributed by atoms with Gasteiger partial charge < -0.3 is 0 Å². The number of rotatable bonds is 0. The van der Waals surface area contributed by atoms with Crippen LogP contribution in [0, 0.1) is 21.7 Å². The molecule has 0 aromatic carbocycles. The summed E-state index contributed by atoms with van der Waals surface area (Å²) in [5, 5.41) is 0. The van der Waals surface area contributed by atoms with Crippen LogP contribution in [-0.2, 0) is 4.79 Å². The minimum absolute atomic E-state index is 0.212. The predicted molar refractivity (Wildman–Crippen MR) is 65.5 cm³/mol. The number of Topliss-reactive ketones (excluding diaryl/α,β-unsaturated/α-hetero) is 1. The summed E-state index contributed by atoms with van der Waals surface area (Å²) in [5.74, 6) is 0.738. The molecule has 0 N–H and O–H groups in total. The van der Waals surface area contributed by atoms with Crippen molar-refractivity contribution in [2.45, 2.75) is 70.6 Å². The summed E-state index contributed by atoms with van der Waals surface area (Å²) in [6.07, 6.45) is 14.8. The fraction of sp³-hybridized carbons (Fsp3) is 0.938. The lowest BCUT2D eigenvalue weighted by Gasteiger charge is -2.35. The molecule has 0 aliphatic heterocycles. The zero-order valence-corrected chi connectivity index (χ0v) is 10.7. The first-order chi connectivity index (χ1) is 8.10. The van der Waals surface area contributed by atoms with Crippen LogP contribution < -0.4 is 0 Å². The van der Waals surface area contributed by atoms with Crippen LogP contribution in [0.2, 0.25) is 0 Å². The highest BCUT2D eigenvalue weighted by Gasteiger charge is 2.70. The highest BCUT2D eigenvalue weighted by Crippen LogP contribution is 2.76. The van der Waals surface area contributed by atoms with E-state index >= 15 is 0 Å². The van der Waals surface area contributed by atoms with E-state index in [4.69, 9.17) is 0 Å². The highest BCUT2D eigenvalue weighted by atomic mass is 16.1. The van der Waals surface area contributed by atoms with Crippen molar-refractivity contribution in [3.8, 4) is 0 Å². The van der Waals surface area contributed by atoms with Gasteiger partial charge in [-0.1, -0.05) is 0 Å². The van der Waals surface area contributed by atoms with Gasteiger partial charge in [-0.15, -0.1) is 0 Å². The molecule has 0 radical (unpaired) electrons. The second kappa shape index (κ2) is 2.38. The molecule has 5 saturated carbocycles. The second-order valence-corrected chi connectivity index (χ2v) is 8.42. The fourth-order valence-electron chi connectivity index (χ4n) is 5.25. The zero-order chi connectivity index (χ0) is 11.4. The average Bonchev–Trinajstić information content (AvgIpc) is 3.13. The molecule has 5 fully saturated rings. The van der Waals surface area contributed by atoms with Crippen molar-refractivity contribution in [2.24, 2.45) is 21.7 Å². The highest BCUT2D eigenvalue weighted by molar-refractivity contribution is 5.95. The van der Waals surface area contributed by atoms with Crippen molar-refractivity contribution in [1.82, 2.24) is 0 Å². The van der Waals surface area contributed by atoms with Crippen molar-refractivity contribution in [3.05, 3.63) is 0 Å². The molecule has 0 bridgehead atoms. The van der Waals surface area contributed by atoms with Gasteiger partial charge in [0.1, 0.15) is 5.78 Å². The van der Waals surface area contributed by atoms with Gasteiger partial charge in [-0.25, -0.2) is 0 Å². The molecular formula is C16H22O. The zero-order valence-electron chi connectivity index (χ0n) is 10.7. The molecule has 92 valence electrons. The second-order valence-electron chi connectivity index (χ2n) is 8.42. The van der Waals surface area contributed by atoms with E-state index in [0.29, 0.717) is 10.8 Å². The SMILES string of the molecule is O=C1C2(CC2)CC2(CC2)CC2(CC2)CC12CC2. The van der Waals surface area contributed by atoms with Gasteiger partial charge in [0, 0.05) is 10.8 Å². The maximum absolute atomic E-state index is 12.9. The van der Waals surface area contributed by atoms with Crippen LogP contribution in [0.3, 0.4) is 0 Å². The minimum Gasteiger partial charge on any atom is -0.298 e. The Hall–Kier alpha value is -0.330. The van der Waals surface area contributed by atoms with Gasteiger partial charge in [-0.2, -0.15) is 0 Å². The van der Waals surface area contributed by atoms with Crippen molar-refractivity contribution < 1.29 is 4.79 Å². The molecule has 0 heterocycles. The van der Waals surface area contributed by atoms with Gasteiger partial charge in [-0.3, -0.25) is 4.79 Å². The number of carbonyl (C=O) groups excluding carboxylic acids is 1. The molecule has 0 unspecified atom stereocenters. The largest absolute Gasteiger partial charge is 0.298 e. The quantitative estimate of drug-likeness (QED) is 0.617. The van der Waals surface area contributed by atoms with Crippen LogP contribution in [0.1, 0.15) is 70.6 Å². The third-order valence-electron chi connectivity index (χ3n) is 6.76. The summed E-state index contributed by atoms with van der Waals surface area (Å²) in [6.45, 7) is 0. The monoisotopic (exact) mass is 230 g/mol. The fourth-order valence-corrected chi connectivity index (χ4v) is 5.25. The first kappa shape index (κ1) is 9.58. The number of carbonyl (C=O) groups is 1. The van der Waals surface area contributed by atoms with Gasteiger partial charge in [0.05, 0.1) is 0 Å². The Bertz CT molecular complexity index is 379. The van der Waals surface area contributed by atoms with Crippen molar-refractivity contribution in [2.75, 3.05) is 0 Å². The summed E-state index contributed by atoms with van der Waals surface area (Å²) in [7, 11) is 0. The van der Waals surface area contributed by atoms with E-state index in [1.165, 1.54) is 70.6 Å². The lowest BCUT2D eigenvalue weighted by molar-refractivity contribution is -0.132. The normalized spacial score (nSPS) is 40.4. The lowest BCUT2D eigenvalue weighted by Crippen LogP contribution is -2.34. The standard InChI is InChI=1S/C16H22O/c17-12-15(5-6-15)10-13(1-2-13)9-14(3-4-14)11-16(12)7-8-16/h1-11H2. The Labute approximate surface area is 103 Å². The Kier molecular flexibility index (Phi) is 1.34. The van der Waals surface area contributed by atoms with Crippen LogP contribution in [0.25, 0.3) is 0 Å². The number of ketones is 1. The maximum Gasteiger partial charge on any atom is 0.145 e. The van der Waals surface area contributed by atoms with Crippen LogP contribution >= 0.6 is 0 Å². The summed E-state index contributed by atoms with van der Waals surface area (Å²) < 4.78 is 0. The predicted octanol–water partition coefficient (Wildman–Crippen LogP) is 3.86. The lowest BCUT2D eigenvalue weighted by atomic mass is 9.68. The van der Waals surface area contributed by atoms with E-state index in [2.05, 4.69) is 0 Å². The van der Waals surface area contributed by atoms with Crippen LogP contribution in [0.15, 0.2) is 0 Å². The van der Waals surface area contributed by atoms with Crippen LogP contribution in [0.5, 0.6) is 0 Å². The molecule has 5 aliphatic rings. The third kappa shape index (κ3) is 1.19. The first-order valence-electron chi connectivity index (χ1n) is 7.65. The van der Waals surface area contributed by atoms with Crippen LogP contribution in [-0.4, -0.2) is 5.78 Å². The third-order valence-corrected chi connectivity index (χ3v) is 6.76. The van der Waals surface area contributed by atoms with E-state index in [1.807, 2.05) is 0 Å². The van der Waals surface area contributed by atoms with E-state index in [9.17, 15) is 4.79 Å². The maximum atomic E-state index is 12.9. The van der Waals surface area contributed by atoms with Gasteiger partial charge in [0.15, 0.2) is 0 Å². The average molecular weight is 230 g/mol. The smallest absolute Gasteiger partial charge is 0.145 e. The van der Waals surface area contributed by atoms with Gasteiger partial charge in [0.25, 0.3) is 0 Å². The molecule has 0 aromatic heterocycles. The Morgan fingerprint density at radius 2 is 1.00 bits per heavy atom. The molecule has 0 saturated heterocycles.